The standard InChI is InChI=1S/C21H30N4O2.HI/c1-5-26-18-10-11-20(27-6-2)19(13-18)24-21(22)23-14-16-8-7-9-17(12-16)15-25(3)4;/h7-13H,5-6,14-15H2,1-4H3,(H3,22,23,24);1H. The van der Waals surface area contributed by atoms with E-state index in [1.165, 1.54) is 5.56 Å². The number of rotatable bonds is 9. The van der Waals surface area contributed by atoms with E-state index in [9.17, 15) is 0 Å². The molecule has 0 aromatic heterocycles. The molecule has 0 spiro atoms. The fourth-order valence-electron chi connectivity index (χ4n) is 2.69. The van der Waals surface area contributed by atoms with Crippen LogP contribution in [0, 0.1) is 0 Å². The molecule has 0 fully saturated rings. The van der Waals surface area contributed by atoms with Crippen LogP contribution in [0.1, 0.15) is 25.0 Å². The Hall–Kier alpha value is -2.00. The first-order valence-electron chi connectivity index (χ1n) is 9.21. The first-order valence-corrected chi connectivity index (χ1v) is 9.21. The molecular formula is C21H31IN4O2. The highest BCUT2D eigenvalue weighted by atomic mass is 127. The van der Waals surface area contributed by atoms with Crippen LogP contribution in [-0.2, 0) is 13.1 Å². The Balaban J connectivity index is 0.00000392. The molecule has 0 saturated heterocycles. The van der Waals surface area contributed by atoms with E-state index in [2.05, 4.69) is 47.5 Å². The maximum Gasteiger partial charge on any atom is 0.193 e. The zero-order chi connectivity index (χ0) is 19.6. The van der Waals surface area contributed by atoms with E-state index >= 15 is 0 Å². The largest absolute Gasteiger partial charge is 0.494 e. The highest BCUT2D eigenvalue weighted by Crippen LogP contribution is 2.29. The summed E-state index contributed by atoms with van der Waals surface area (Å²) in [6.45, 7) is 6.46. The quantitative estimate of drug-likeness (QED) is 0.310. The number of aliphatic imine (C=N–C) groups is 1. The lowest BCUT2D eigenvalue weighted by Crippen LogP contribution is -2.23. The van der Waals surface area contributed by atoms with Crippen molar-refractivity contribution in [2.45, 2.75) is 26.9 Å². The summed E-state index contributed by atoms with van der Waals surface area (Å²) < 4.78 is 11.2. The average Bonchev–Trinajstić information content (AvgIpc) is 2.62. The van der Waals surface area contributed by atoms with Gasteiger partial charge in [-0.2, -0.15) is 0 Å². The van der Waals surface area contributed by atoms with Crippen LogP contribution in [0.2, 0.25) is 0 Å². The molecule has 154 valence electrons. The minimum absolute atomic E-state index is 0. The van der Waals surface area contributed by atoms with E-state index in [1.807, 2.05) is 38.1 Å². The SMILES string of the molecule is CCOc1ccc(OCC)c(NC(N)=NCc2cccc(CN(C)C)c2)c1.I. The summed E-state index contributed by atoms with van der Waals surface area (Å²) in [5, 5.41) is 3.13. The van der Waals surface area contributed by atoms with Gasteiger partial charge in [-0.1, -0.05) is 24.3 Å². The van der Waals surface area contributed by atoms with Crippen LogP contribution in [0.4, 0.5) is 5.69 Å². The van der Waals surface area contributed by atoms with E-state index in [1.54, 1.807) is 0 Å². The van der Waals surface area contributed by atoms with Gasteiger partial charge in [-0.3, -0.25) is 0 Å². The van der Waals surface area contributed by atoms with E-state index < -0.39 is 0 Å². The number of halogens is 1. The highest BCUT2D eigenvalue weighted by Gasteiger charge is 2.07. The first-order chi connectivity index (χ1) is 13.0. The van der Waals surface area contributed by atoms with E-state index in [0.717, 1.165) is 23.5 Å². The van der Waals surface area contributed by atoms with E-state index in [-0.39, 0.29) is 24.0 Å². The van der Waals surface area contributed by atoms with E-state index in [0.29, 0.717) is 31.5 Å². The number of anilines is 1. The number of hydrogen-bond donors (Lipinski definition) is 2. The summed E-state index contributed by atoms with van der Waals surface area (Å²) in [5.41, 5.74) is 9.21. The lowest BCUT2D eigenvalue weighted by atomic mass is 10.1. The summed E-state index contributed by atoms with van der Waals surface area (Å²) in [7, 11) is 4.11. The zero-order valence-electron chi connectivity index (χ0n) is 17.1. The van der Waals surface area contributed by atoms with Gasteiger partial charge in [0.05, 0.1) is 25.4 Å². The van der Waals surface area contributed by atoms with Crippen molar-refractivity contribution >= 4 is 35.6 Å². The van der Waals surface area contributed by atoms with Crippen molar-refractivity contribution in [3.63, 3.8) is 0 Å². The molecule has 0 atom stereocenters. The van der Waals surface area contributed by atoms with Gasteiger partial charge < -0.3 is 25.4 Å². The first kappa shape index (κ1) is 24.0. The third-order valence-electron chi connectivity index (χ3n) is 3.75. The molecule has 0 heterocycles. The molecule has 2 rings (SSSR count). The maximum atomic E-state index is 6.10. The molecule has 6 nitrogen and oxygen atoms in total. The van der Waals surface area contributed by atoms with Gasteiger partial charge in [0.2, 0.25) is 0 Å². The van der Waals surface area contributed by atoms with Crippen LogP contribution in [-0.4, -0.2) is 38.2 Å². The summed E-state index contributed by atoms with van der Waals surface area (Å²) in [6.07, 6.45) is 0. The molecule has 0 aliphatic carbocycles. The zero-order valence-corrected chi connectivity index (χ0v) is 19.4. The molecule has 28 heavy (non-hydrogen) atoms. The molecule has 2 aromatic rings. The lowest BCUT2D eigenvalue weighted by Gasteiger charge is -2.14. The third kappa shape index (κ3) is 7.93. The molecule has 0 radical (unpaired) electrons. The minimum Gasteiger partial charge on any atom is -0.494 e. The second-order valence-electron chi connectivity index (χ2n) is 6.41. The molecule has 0 unspecified atom stereocenters. The van der Waals surface area contributed by atoms with Crippen LogP contribution < -0.4 is 20.5 Å². The van der Waals surface area contributed by atoms with Crippen molar-refractivity contribution < 1.29 is 9.47 Å². The number of ether oxygens (including phenoxy) is 2. The van der Waals surface area contributed by atoms with Crippen molar-refractivity contribution in [2.75, 3.05) is 32.6 Å². The fraction of sp³-hybridized carbons (Fsp3) is 0.381. The van der Waals surface area contributed by atoms with Gasteiger partial charge in [-0.05, 0) is 51.2 Å². The Labute approximate surface area is 185 Å². The molecule has 0 amide bonds. The van der Waals surface area contributed by atoms with Crippen molar-refractivity contribution in [3.05, 3.63) is 53.6 Å². The van der Waals surface area contributed by atoms with Crippen molar-refractivity contribution in [1.29, 1.82) is 0 Å². The second kappa shape index (κ2) is 12.5. The van der Waals surface area contributed by atoms with Gasteiger partial charge in [-0.25, -0.2) is 4.99 Å². The molecular weight excluding hydrogens is 467 g/mol. The second-order valence-corrected chi connectivity index (χ2v) is 6.41. The van der Waals surface area contributed by atoms with Crippen molar-refractivity contribution in [3.8, 4) is 11.5 Å². The van der Waals surface area contributed by atoms with Gasteiger partial charge in [0.1, 0.15) is 11.5 Å². The van der Waals surface area contributed by atoms with Crippen LogP contribution >= 0.6 is 24.0 Å². The van der Waals surface area contributed by atoms with E-state index in [4.69, 9.17) is 15.2 Å². The van der Waals surface area contributed by atoms with Crippen molar-refractivity contribution in [1.82, 2.24) is 4.90 Å². The van der Waals surface area contributed by atoms with Crippen LogP contribution in [0.25, 0.3) is 0 Å². The predicted molar refractivity (Wildman–Crippen MR) is 127 cm³/mol. The summed E-state index contributed by atoms with van der Waals surface area (Å²) >= 11 is 0. The van der Waals surface area contributed by atoms with Crippen LogP contribution in [0.5, 0.6) is 11.5 Å². The molecule has 0 aliphatic rings. The normalized spacial score (nSPS) is 11.1. The Morgan fingerprint density at radius 2 is 1.75 bits per heavy atom. The van der Waals surface area contributed by atoms with Gasteiger partial charge >= 0.3 is 0 Å². The molecule has 0 saturated carbocycles. The lowest BCUT2D eigenvalue weighted by molar-refractivity contribution is 0.332. The van der Waals surface area contributed by atoms with Crippen LogP contribution in [0.15, 0.2) is 47.5 Å². The predicted octanol–water partition coefficient (Wildman–Crippen LogP) is 4.09. The smallest absolute Gasteiger partial charge is 0.193 e. The molecule has 7 heteroatoms. The van der Waals surface area contributed by atoms with Gasteiger partial charge in [0.25, 0.3) is 0 Å². The van der Waals surface area contributed by atoms with Crippen molar-refractivity contribution in [2.24, 2.45) is 10.7 Å². The topological polar surface area (TPSA) is 72.1 Å². The minimum atomic E-state index is 0. The Bertz CT molecular complexity index is 766. The maximum absolute atomic E-state index is 6.10. The molecule has 2 aromatic carbocycles. The third-order valence-corrected chi connectivity index (χ3v) is 3.75. The summed E-state index contributed by atoms with van der Waals surface area (Å²) in [6, 6.07) is 14.0. The number of nitrogens with zero attached hydrogens (tertiary/aromatic N) is 2. The number of benzene rings is 2. The summed E-state index contributed by atoms with van der Waals surface area (Å²) in [4.78, 5) is 6.60. The molecule has 0 aliphatic heterocycles. The Morgan fingerprint density at radius 1 is 1.04 bits per heavy atom. The number of guanidine groups is 1. The van der Waals surface area contributed by atoms with Gasteiger partial charge in [0, 0.05) is 12.6 Å². The summed E-state index contributed by atoms with van der Waals surface area (Å²) in [5.74, 6) is 1.81. The highest BCUT2D eigenvalue weighted by molar-refractivity contribution is 14.0. The van der Waals surface area contributed by atoms with Gasteiger partial charge in [0.15, 0.2) is 5.96 Å². The molecule has 0 bridgehead atoms. The van der Waals surface area contributed by atoms with Gasteiger partial charge in [-0.15, -0.1) is 24.0 Å². The Kier molecular flexibility index (Phi) is 10.7. The fourth-order valence-corrected chi connectivity index (χ4v) is 2.69. The van der Waals surface area contributed by atoms with Crippen LogP contribution in [0.3, 0.4) is 0 Å². The average molecular weight is 498 g/mol. The number of nitrogens with two attached hydrogens (primary N) is 1. The number of hydrogen-bond acceptors (Lipinski definition) is 4. The monoisotopic (exact) mass is 498 g/mol. The number of nitrogens with one attached hydrogen (secondary N) is 1. The Morgan fingerprint density at radius 3 is 2.43 bits per heavy atom. The molecule has 3 N–H and O–H groups in total.